The summed E-state index contributed by atoms with van der Waals surface area (Å²) in [7, 11) is 0. The molecule has 1 aliphatic rings. The lowest BCUT2D eigenvalue weighted by Gasteiger charge is -2.11. The minimum absolute atomic E-state index is 0.0388. The molecule has 1 fully saturated rings. The third kappa shape index (κ3) is 3.67. The zero-order valence-electron chi connectivity index (χ0n) is 14.3. The predicted octanol–water partition coefficient (Wildman–Crippen LogP) is 3.20. The van der Waals surface area contributed by atoms with Crippen LogP contribution in [0.2, 0.25) is 0 Å². The molecule has 0 saturated carbocycles. The number of hydrogen-bond donors (Lipinski definition) is 4. The molecule has 0 aliphatic carbocycles. The molecule has 2 aromatic carbocycles. The zero-order valence-corrected chi connectivity index (χ0v) is 15.8. The van der Waals surface area contributed by atoms with Crippen molar-refractivity contribution < 1.29 is 4.79 Å². The largest absolute Gasteiger partial charge is 0.361 e. The maximum atomic E-state index is 12.4. The van der Waals surface area contributed by atoms with Gasteiger partial charge in [0.2, 0.25) is 5.91 Å². The summed E-state index contributed by atoms with van der Waals surface area (Å²) in [5, 5.41) is 4.27. The fraction of sp³-hybridized carbons (Fsp3) is 0.250. The molecular formula is C20H21BrN4O. The molecule has 6 heteroatoms. The minimum atomic E-state index is -0.216. The smallest absolute Gasteiger partial charge is 0.238 e. The molecule has 0 radical (unpaired) electrons. The molecule has 5 nitrogen and oxygen atoms in total. The number of aromatic nitrogens is 1. The molecule has 0 bridgehead atoms. The Labute approximate surface area is 160 Å². The van der Waals surface area contributed by atoms with Crippen LogP contribution < -0.4 is 16.2 Å². The third-order valence-electron chi connectivity index (χ3n) is 4.86. The van der Waals surface area contributed by atoms with Crippen LogP contribution >= 0.6 is 15.9 Å². The van der Waals surface area contributed by atoms with Crippen molar-refractivity contribution in [1.82, 2.24) is 21.2 Å². The fourth-order valence-electron chi connectivity index (χ4n) is 3.42. The summed E-state index contributed by atoms with van der Waals surface area (Å²) in [6.07, 6.45) is 3.57. The molecule has 4 N–H and O–H groups in total. The third-order valence-corrected chi connectivity index (χ3v) is 5.39. The van der Waals surface area contributed by atoms with Crippen LogP contribution in [0, 0.1) is 0 Å². The van der Waals surface area contributed by atoms with E-state index in [1.807, 2.05) is 30.5 Å². The lowest BCUT2D eigenvalue weighted by atomic mass is 10.0. The van der Waals surface area contributed by atoms with Crippen molar-refractivity contribution in [3.8, 4) is 0 Å². The highest BCUT2D eigenvalue weighted by molar-refractivity contribution is 9.10. The first kappa shape index (κ1) is 17.3. The summed E-state index contributed by atoms with van der Waals surface area (Å²) in [5.74, 6) is 0.0388. The number of fused-ring (bicyclic) bond motifs is 1. The summed E-state index contributed by atoms with van der Waals surface area (Å²) < 4.78 is 1.05. The molecule has 3 aromatic rings. The van der Waals surface area contributed by atoms with Gasteiger partial charge in [-0.2, -0.15) is 0 Å². The van der Waals surface area contributed by atoms with E-state index in [-0.39, 0.29) is 18.0 Å². The summed E-state index contributed by atoms with van der Waals surface area (Å²) in [4.78, 5) is 15.7. The zero-order chi connectivity index (χ0) is 17.9. The highest BCUT2D eigenvalue weighted by Gasteiger charge is 2.29. The van der Waals surface area contributed by atoms with Gasteiger partial charge in [-0.05, 0) is 42.2 Å². The van der Waals surface area contributed by atoms with E-state index in [0.717, 1.165) is 22.8 Å². The summed E-state index contributed by atoms with van der Waals surface area (Å²) in [6.45, 7) is 0.627. The van der Waals surface area contributed by atoms with Crippen LogP contribution in [-0.2, 0) is 11.2 Å². The van der Waals surface area contributed by atoms with Crippen LogP contribution in [-0.4, -0.2) is 23.5 Å². The highest BCUT2D eigenvalue weighted by Crippen LogP contribution is 2.24. The first-order valence-electron chi connectivity index (χ1n) is 8.80. The standard InChI is InChI=1S/C20H21BrN4O/c21-15-7-5-13(6-8-15)18-11-19(25-24-18)20(26)22-10-9-14-12-23-17-4-2-1-3-16(14)17/h1-8,12,18-19,23-25H,9-11H2,(H,22,26). The second kappa shape index (κ2) is 7.61. The predicted molar refractivity (Wildman–Crippen MR) is 107 cm³/mol. The number of halogens is 1. The molecule has 2 atom stereocenters. The molecule has 2 heterocycles. The van der Waals surface area contributed by atoms with Crippen LogP contribution in [0.15, 0.2) is 59.2 Å². The Kier molecular flexibility index (Phi) is 5.06. The molecule has 2 unspecified atom stereocenters. The average Bonchev–Trinajstić information content (AvgIpc) is 3.30. The van der Waals surface area contributed by atoms with Crippen LogP contribution in [0.5, 0.6) is 0 Å². The van der Waals surface area contributed by atoms with Gasteiger partial charge in [0.15, 0.2) is 0 Å². The van der Waals surface area contributed by atoms with Crippen molar-refractivity contribution in [2.24, 2.45) is 0 Å². The molecule has 0 spiro atoms. The SMILES string of the molecule is O=C(NCCc1c[nH]c2ccccc12)C1CC(c2ccc(Br)cc2)NN1. The molecule has 26 heavy (non-hydrogen) atoms. The molecule has 1 aromatic heterocycles. The van der Waals surface area contributed by atoms with Gasteiger partial charge in [-0.25, -0.2) is 10.9 Å². The monoisotopic (exact) mass is 412 g/mol. The maximum Gasteiger partial charge on any atom is 0.238 e. The van der Waals surface area contributed by atoms with Crippen LogP contribution in [0.1, 0.15) is 23.6 Å². The van der Waals surface area contributed by atoms with Gasteiger partial charge in [-0.1, -0.05) is 46.3 Å². The lowest BCUT2D eigenvalue weighted by molar-refractivity contribution is -0.122. The van der Waals surface area contributed by atoms with Gasteiger partial charge >= 0.3 is 0 Å². The van der Waals surface area contributed by atoms with E-state index in [1.165, 1.54) is 16.5 Å². The number of hydrazine groups is 1. The summed E-state index contributed by atoms with van der Waals surface area (Å²) >= 11 is 3.45. The molecular weight excluding hydrogens is 392 g/mol. The van der Waals surface area contributed by atoms with Gasteiger partial charge in [0.05, 0.1) is 0 Å². The molecule has 4 rings (SSSR count). The van der Waals surface area contributed by atoms with Gasteiger partial charge < -0.3 is 10.3 Å². The van der Waals surface area contributed by atoms with Gasteiger partial charge in [-0.15, -0.1) is 0 Å². The first-order chi connectivity index (χ1) is 12.7. The van der Waals surface area contributed by atoms with Gasteiger partial charge in [0.1, 0.15) is 6.04 Å². The average molecular weight is 413 g/mol. The molecule has 1 aliphatic heterocycles. The normalized spacial score (nSPS) is 19.7. The number of carbonyl (C=O) groups excluding carboxylic acids is 1. The van der Waals surface area contributed by atoms with E-state index in [4.69, 9.17) is 0 Å². The van der Waals surface area contributed by atoms with Crippen molar-refractivity contribution in [1.29, 1.82) is 0 Å². The Morgan fingerprint density at radius 3 is 2.77 bits per heavy atom. The lowest BCUT2D eigenvalue weighted by Crippen LogP contribution is -2.43. The van der Waals surface area contributed by atoms with Gasteiger partial charge in [0.25, 0.3) is 0 Å². The number of para-hydroxylation sites is 1. The first-order valence-corrected chi connectivity index (χ1v) is 9.59. The van der Waals surface area contributed by atoms with Crippen molar-refractivity contribution >= 4 is 32.7 Å². The number of nitrogens with one attached hydrogen (secondary N) is 4. The molecule has 1 saturated heterocycles. The van der Waals surface area contributed by atoms with Crippen molar-refractivity contribution in [2.75, 3.05) is 6.54 Å². The molecule has 134 valence electrons. The van der Waals surface area contributed by atoms with Crippen LogP contribution in [0.3, 0.4) is 0 Å². The van der Waals surface area contributed by atoms with E-state index < -0.39 is 0 Å². The summed E-state index contributed by atoms with van der Waals surface area (Å²) in [6, 6.07) is 16.3. The van der Waals surface area contributed by atoms with E-state index in [0.29, 0.717) is 6.54 Å². The van der Waals surface area contributed by atoms with Gasteiger partial charge in [0, 0.05) is 34.2 Å². The van der Waals surface area contributed by atoms with E-state index in [2.05, 4.69) is 61.3 Å². The van der Waals surface area contributed by atoms with Crippen molar-refractivity contribution in [3.05, 3.63) is 70.3 Å². The quantitative estimate of drug-likeness (QED) is 0.520. The Morgan fingerprint density at radius 2 is 1.92 bits per heavy atom. The van der Waals surface area contributed by atoms with Crippen LogP contribution in [0.4, 0.5) is 0 Å². The maximum absolute atomic E-state index is 12.4. The Balaban J connectivity index is 1.29. The van der Waals surface area contributed by atoms with E-state index in [9.17, 15) is 4.79 Å². The fourth-order valence-corrected chi connectivity index (χ4v) is 3.69. The number of H-pyrrole nitrogens is 1. The second-order valence-corrected chi connectivity index (χ2v) is 7.50. The van der Waals surface area contributed by atoms with Crippen LogP contribution in [0.25, 0.3) is 10.9 Å². The number of hydrogen-bond acceptors (Lipinski definition) is 3. The highest BCUT2D eigenvalue weighted by atomic mass is 79.9. The Hall–Kier alpha value is -2.15. The molecule has 1 amide bonds. The number of benzene rings is 2. The van der Waals surface area contributed by atoms with Gasteiger partial charge in [-0.3, -0.25) is 4.79 Å². The minimum Gasteiger partial charge on any atom is -0.361 e. The number of carbonyl (C=O) groups is 1. The van der Waals surface area contributed by atoms with E-state index >= 15 is 0 Å². The van der Waals surface area contributed by atoms with E-state index in [1.54, 1.807) is 0 Å². The van der Waals surface area contributed by atoms with Crippen molar-refractivity contribution in [2.45, 2.75) is 24.9 Å². The Morgan fingerprint density at radius 1 is 1.12 bits per heavy atom. The number of aromatic amines is 1. The topological polar surface area (TPSA) is 69.0 Å². The number of amides is 1. The van der Waals surface area contributed by atoms with Crippen molar-refractivity contribution in [3.63, 3.8) is 0 Å². The second-order valence-electron chi connectivity index (χ2n) is 6.58. The Bertz CT molecular complexity index is 906. The summed E-state index contributed by atoms with van der Waals surface area (Å²) in [5.41, 5.74) is 9.87. The number of rotatable bonds is 5.